The predicted octanol–water partition coefficient (Wildman–Crippen LogP) is -3.02. The van der Waals surface area contributed by atoms with Gasteiger partial charge in [-0.25, -0.2) is 0 Å². The standard InChI is InChI=1S/Al.Au.Cu.Ga.H2Se.6H/h;;;;1H2;;;;;;/q;+1;;;;;;;;;/p-1. The van der Waals surface area contributed by atoms with Crippen molar-refractivity contribution in [1.29, 1.82) is 0 Å². The Morgan fingerprint density at radius 1 is 1.20 bits per heavy atom. The Morgan fingerprint density at radius 3 is 1.20 bits per heavy atom. The first-order valence-electron chi connectivity index (χ1n) is 0.135. The summed E-state index contributed by atoms with van der Waals surface area (Å²) in [6.45, 7) is 0. The molecule has 0 aliphatic carbocycles. The van der Waals surface area contributed by atoms with Gasteiger partial charge in [-0.2, -0.15) is 0 Å². The molecule has 0 rings (SSSR count). The Bertz CT molecular complexity index is 11.6. The van der Waals surface area contributed by atoms with Gasteiger partial charge in [-0.3, -0.25) is 0 Å². The van der Waals surface area contributed by atoms with Crippen molar-refractivity contribution in [3.05, 3.63) is 0 Å². The minimum absolute atomic E-state index is 0. The maximum absolute atomic E-state index is 2.26. The van der Waals surface area contributed by atoms with Crippen molar-refractivity contribution in [3.63, 3.8) is 0 Å². The van der Waals surface area contributed by atoms with Crippen LogP contribution in [0.5, 0.6) is 0 Å². The summed E-state index contributed by atoms with van der Waals surface area (Å²) in [5.74, 6) is 0. The van der Waals surface area contributed by atoms with Crippen LogP contribution in [0.1, 0.15) is 0 Å². The molecule has 5 heavy (non-hydrogen) atoms. The average Bonchev–Trinajstić information content (AvgIpc) is 1.00. The summed E-state index contributed by atoms with van der Waals surface area (Å²) in [7, 11) is 0. The van der Waals surface area contributed by atoms with E-state index in [4.69, 9.17) is 0 Å². The molecule has 0 nitrogen and oxygen atoms in total. The average molecular weight is 443 g/mol. The molecular formula is H7AlAuCuGaSe. The third kappa shape index (κ3) is 19.6. The Balaban J connectivity index is -0.00000000167. The molecule has 0 bridgehead atoms. The van der Waals surface area contributed by atoms with E-state index in [-0.39, 0.29) is 54.2 Å². The summed E-state index contributed by atoms with van der Waals surface area (Å²) in [5.41, 5.74) is 0. The van der Waals surface area contributed by atoms with E-state index < -0.39 is 0 Å². The van der Waals surface area contributed by atoms with Crippen molar-refractivity contribution in [2.24, 2.45) is 0 Å². The van der Waals surface area contributed by atoms with E-state index in [1.807, 2.05) is 0 Å². The Labute approximate surface area is 84.8 Å². The first kappa shape index (κ1) is 24.6. The third-order valence-corrected chi connectivity index (χ3v) is 0. The van der Waals surface area contributed by atoms with Crippen LogP contribution in [0.3, 0.4) is 0 Å². The van der Waals surface area contributed by atoms with Crippen LogP contribution in [-0.2, 0) is 36.0 Å². The number of hydrogen-bond acceptors (Lipinski definition) is 0. The van der Waals surface area contributed by atoms with E-state index >= 15 is 0 Å². The monoisotopic (exact) mass is 443 g/mol. The predicted molar refractivity (Wildman–Crippen MR) is 27.0 cm³/mol. The van der Waals surface area contributed by atoms with Crippen LogP contribution in [0.2, 0.25) is 0 Å². The summed E-state index contributed by atoms with van der Waals surface area (Å²) in [6.07, 6.45) is 0. The topological polar surface area (TPSA) is 0 Å². The van der Waals surface area contributed by atoms with Crippen LogP contribution in [0, 0.1) is 0 Å². The number of hydrogen-bond donors (Lipinski definition) is 0. The molecule has 0 aliphatic rings. The summed E-state index contributed by atoms with van der Waals surface area (Å²) < 4.78 is 0. The van der Waals surface area contributed by atoms with Crippen LogP contribution < -0.4 is 0 Å². The molecule has 1 radical (unpaired) electrons. The van der Waals surface area contributed by atoms with Crippen molar-refractivity contribution in [2.45, 2.75) is 0 Å². The molecule has 0 saturated carbocycles. The molecule has 0 unspecified atom stereocenters. The van der Waals surface area contributed by atoms with Crippen LogP contribution >= 0.6 is 0 Å². The molecule has 0 spiro atoms. The molecule has 0 fully saturated rings. The van der Waals surface area contributed by atoms with Gasteiger partial charge in [-0.15, -0.1) is 0 Å². The van der Waals surface area contributed by atoms with Crippen LogP contribution in [-0.4, -0.2) is 50.2 Å². The summed E-state index contributed by atoms with van der Waals surface area (Å²) in [6, 6.07) is 0. The number of rotatable bonds is 0. The van der Waals surface area contributed by atoms with Gasteiger partial charge in [0.05, 0.1) is 0 Å². The molecule has 0 aromatic rings. The molecule has 0 saturated heterocycles. The second-order valence-corrected chi connectivity index (χ2v) is 0. The van der Waals surface area contributed by atoms with Gasteiger partial charge >= 0.3 is 51.8 Å². The third-order valence-electron chi connectivity index (χ3n) is 0. The van der Waals surface area contributed by atoms with E-state index in [1.54, 1.807) is 0 Å². The van der Waals surface area contributed by atoms with Gasteiger partial charge in [0.1, 0.15) is 0 Å². The molecule has 0 aromatic heterocycles. The van der Waals surface area contributed by atoms with Gasteiger partial charge in [0.15, 0.2) is 17.4 Å². The van der Waals surface area contributed by atoms with Gasteiger partial charge < -0.3 is 0 Å². The second kappa shape index (κ2) is 28.3. The molecule has 5 heteroatoms. The first-order chi connectivity index (χ1) is 1.00. The van der Waals surface area contributed by atoms with Crippen molar-refractivity contribution in [1.82, 2.24) is 0 Å². The zero-order valence-corrected chi connectivity index (χ0v) is 6.03. The van der Waals surface area contributed by atoms with E-state index in [1.165, 1.54) is 0 Å². The van der Waals surface area contributed by atoms with Gasteiger partial charge in [0.2, 0.25) is 0 Å². The molecule has 41 valence electrons. The maximum atomic E-state index is 2.26. The van der Waals surface area contributed by atoms with E-state index in [9.17, 15) is 0 Å². The SMILES string of the molecule is [AlH3].[Cu].[GaH3].[SeH][Au]. The van der Waals surface area contributed by atoms with E-state index in [0.29, 0.717) is 0 Å². The summed E-state index contributed by atoms with van der Waals surface area (Å²) in [5, 5.41) is 0. The zero-order chi connectivity index (χ0) is 2.00. The molecule has 0 N–H and O–H groups in total. The Morgan fingerprint density at radius 2 is 1.20 bits per heavy atom. The molecule has 0 aromatic carbocycles. The normalized spacial score (nSPS) is 1.40. The zero-order valence-electron chi connectivity index (χ0n) is 1.05. The van der Waals surface area contributed by atoms with Crippen molar-refractivity contribution < 1.29 is 36.0 Å². The van der Waals surface area contributed by atoms with Gasteiger partial charge in [-0.05, 0) is 0 Å². The molecule has 0 atom stereocenters. The van der Waals surface area contributed by atoms with Crippen molar-refractivity contribution in [3.8, 4) is 0 Å². The summed E-state index contributed by atoms with van der Waals surface area (Å²) in [4.78, 5) is 0. The first-order valence-corrected chi connectivity index (χ1v) is 5.74. The van der Waals surface area contributed by atoms with Crippen molar-refractivity contribution in [2.75, 3.05) is 0 Å². The van der Waals surface area contributed by atoms with Crippen molar-refractivity contribution >= 4 is 50.2 Å². The Hall–Kier alpha value is 2.95. The van der Waals surface area contributed by atoms with E-state index in [0.717, 1.165) is 0 Å². The van der Waals surface area contributed by atoms with Crippen LogP contribution in [0.4, 0.5) is 0 Å². The fourth-order valence-electron chi connectivity index (χ4n) is 0. The molecule has 0 aliphatic heterocycles. The van der Waals surface area contributed by atoms with E-state index in [2.05, 4.69) is 32.0 Å². The van der Waals surface area contributed by atoms with Gasteiger partial charge in [-0.1, -0.05) is 0 Å². The van der Waals surface area contributed by atoms with Gasteiger partial charge in [0.25, 0.3) is 0 Å². The molecule has 0 amide bonds. The quantitative estimate of drug-likeness (QED) is 0.350. The Kier molecular flexibility index (Phi) is 139. The second-order valence-electron chi connectivity index (χ2n) is 0. The molecule has 0 heterocycles. The summed E-state index contributed by atoms with van der Waals surface area (Å²) >= 11 is 4.47. The fourth-order valence-corrected chi connectivity index (χ4v) is 0. The molecular weight excluding hydrogens is 436 g/mol. The minimum atomic E-state index is 0. The van der Waals surface area contributed by atoms with Crippen LogP contribution in [0.15, 0.2) is 0 Å². The van der Waals surface area contributed by atoms with Gasteiger partial charge in [0, 0.05) is 17.1 Å². The fraction of sp³-hybridized carbons (Fsp3) is 0. The van der Waals surface area contributed by atoms with Crippen LogP contribution in [0.25, 0.3) is 0 Å².